The van der Waals surface area contributed by atoms with Crippen LogP contribution in [-0.4, -0.2) is 47.8 Å². The van der Waals surface area contributed by atoms with Crippen LogP contribution in [-0.2, 0) is 4.74 Å². The van der Waals surface area contributed by atoms with Gasteiger partial charge in [0.2, 0.25) is 0 Å². The first kappa shape index (κ1) is 15.6. The van der Waals surface area contributed by atoms with Crippen molar-refractivity contribution >= 4 is 27.8 Å². The summed E-state index contributed by atoms with van der Waals surface area (Å²) in [4.78, 5) is 20.6. The molecule has 0 saturated carbocycles. The van der Waals surface area contributed by atoms with Crippen molar-refractivity contribution in [3.05, 3.63) is 22.3 Å². The van der Waals surface area contributed by atoms with Gasteiger partial charge in [0, 0.05) is 36.1 Å². The number of carbonyl (C=O) groups excluding carboxylic acids is 1. The van der Waals surface area contributed by atoms with Gasteiger partial charge in [-0.05, 0) is 55.8 Å². The number of hydrogen-bond acceptors (Lipinski definition) is 4. The topological polar surface area (TPSA) is 45.7 Å². The van der Waals surface area contributed by atoms with Crippen LogP contribution >= 0.6 is 15.9 Å². The van der Waals surface area contributed by atoms with Gasteiger partial charge in [0.1, 0.15) is 11.4 Å². The number of pyridine rings is 1. The number of amides is 1. The van der Waals surface area contributed by atoms with Gasteiger partial charge in [0.15, 0.2) is 0 Å². The van der Waals surface area contributed by atoms with Gasteiger partial charge in [-0.2, -0.15) is 0 Å². The summed E-state index contributed by atoms with van der Waals surface area (Å²) < 4.78 is 6.43. The zero-order valence-corrected chi connectivity index (χ0v) is 15.1. The lowest BCUT2D eigenvalue weighted by atomic mass is 9.73. The maximum absolute atomic E-state index is 12.0. The van der Waals surface area contributed by atoms with Gasteiger partial charge < -0.3 is 14.5 Å². The van der Waals surface area contributed by atoms with E-state index in [2.05, 4.69) is 25.8 Å². The Morgan fingerprint density at radius 2 is 1.91 bits per heavy atom. The maximum Gasteiger partial charge on any atom is 0.410 e. The molecule has 0 N–H and O–H groups in total. The van der Waals surface area contributed by atoms with Gasteiger partial charge in [-0.3, -0.25) is 0 Å². The van der Waals surface area contributed by atoms with Crippen LogP contribution in [0.2, 0.25) is 0 Å². The standard InChI is InChI=1S/C16H22BrN3O2/c1-11-12(17)5-6-13(18-11)19-7-16(8-19)9-20(10-16)14(21)22-15(2,3)4/h5-6H,7-10H2,1-4H3. The average Bonchev–Trinajstić information content (AvgIpc) is 2.27. The van der Waals surface area contributed by atoms with E-state index in [1.54, 1.807) is 4.90 Å². The van der Waals surface area contributed by atoms with Gasteiger partial charge >= 0.3 is 6.09 Å². The summed E-state index contributed by atoms with van der Waals surface area (Å²) in [6.07, 6.45) is -0.200. The Morgan fingerprint density at radius 1 is 1.27 bits per heavy atom. The Hall–Kier alpha value is -1.30. The number of anilines is 1. The molecule has 0 aliphatic carbocycles. The molecule has 3 heterocycles. The van der Waals surface area contributed by atoms with E-state index in [-0.39, 0.29) is 11.5 Å². The zero-order valence-electron chi connectivity index (χ0n) is 13.5. The van der Waals surface area contributed by atoms with Crippen molar-refractivity contribution in [2.24, 2.45) is 5.41 Å². The van der Waals surface area contributed by atoms with Gasteiger partial charge in [-0.1, -0.05) is 0 Å². The van der Waals surface area contributed by atoms with Gasteiger partial charge in [-0.25, -0.2) is 9.78 Å². The first-order valence-electron chi connectivity index (χ1n) is 7.54. The molecule has 1 amide bonds. The minimum Gasteiger partial charge on any atom is -0.444 e. The predicted octanol–water partition coefficient (Wildman–Crippen LogP) is 3.21. The van der Waals surface area contributed by atoms with Gasteiger partial charge in [0.25, 0.3) is 0 Å². The van der Waals surface area contributed by atoms with E-state index >= 15 is 0 Å². The largest absolute Gasteiger partial charge is 0.444 e. The fourth-order valence-corrected chi connectivity index (χ4v) is 3.27. The number of aryl methyl sites for hydroxylation is 1. The molecule has 120 valence electrons. The Balaban J connectivity index is 1.52. The summed E-state index contributed by atoms with van der Waals surface area (Å²) in [5.74, 6) is 1.02. The monoisotopic (exact) mass is 367 g/mol. The SMILES string of the molecule is Cc1nc(N2CC3(CN(C(=O)OC(C)(C)C)C3)C2)ccc1Br. The minimum absolute atomic E-state index is 0.200. The quantitative estimate of drug-likeness (QED) is 0.764. The van der Waals surface area contributed by atoms with E-state index in [9.17, 15) is 4.79 Å². The minimum atomic E-state index is -0.426. The molecular formula is C16H22BrN3O2. The summed E-state index contributed by atoms with van der Waals surface area (Å²) in [5, 5.41) is 0. The van der Waals surface area contributed by atoms with Crippen LogP contribution < -0.4 is 4.90 Å². The molecule has 22 heavy (non-hydrogen) atoms. The van der Waals surface area contributed by atoms with E-state index in [0.29, 0.717) is 0 Å². The molecule has 3 rings (SSSR count). The highest BCUT2D eigenvalue weighted by molar-refractivity contribution is 9.10. The smallest absolute Gasteiger partial charge is 0.410 e. The number of carbonyl (C=O) groups is 1. The molecule has 1 spiro atoms. The fourth-order valence-electron chi connectivity index (χ4n) is 3.05. The highest BCUT2D eigenvalue weighted by Crippen LogP contribution is 2.42. The first-order valence-corrected chi connectivity index (χ1v) is 8.33. The van der Waals surface area contributed by atoms with Crippen LogP contribution in [0.5, 0.6) is 0 Å². The van der Waals surface area contributed by atoms with Crippen LogP contribution in [0.1, 0.15) is 26.5 Å². The molecule has 2 aliphatic rings. The summed E-state index contributed by atoms with van der Waals surface area (Å²) in [7, 11) is 0. The van der Waals surface area contributed by atoms with Crippen molar-refractivity contribution in [2.75, 3.05) is 31.1 Å². The zero-order chi connectivity index (χ0) is 16.1. The fraction of sp³-hybridized carbons (Fsp3) is 0.625. The second kappa shape index (κ2) is 5.11. The number of ether oxygens (including phenoxy) is 1. The lowest BCUT2D eigenvalue weighted by molar-refractivity contribution is -0.0454. The summed E-state index contributed by atoms with van der Waals surface area (Å²) in [5.41, 5.74) is 0.812. The Morgan fingerprint density at radius 3 is 2.45 bits per heavy atom. The average molecular weight is 368 g/mol. The molecule has 2 aliphatic heterocycles. The molecule has 0 unspecified atom stereocenters. The van der Waals surface area contributed by atoms with Crippen molar-refractivity contribution in [1.82, 2.24) is 9.88 Å². The van der Waals surface area contributed by atoms with E-state index in [1.165, 1.54) is 0 Å². The van der Waals surface area contributed by atoms with Crippen LogP contribution in [0.3, 0.4) is 0 Å². The Bertz CT molecular complexity index is 598. The maximum atomic E-state index is 12.0. The molecule has 0 atom stereocenters. The highest BCUT2D eigenvalue weighted by Gasteiger charge is 2.54. The summed E-state index contributed by atoms with van der Waals surface area (Å²) in [6, 6.07) is 4.07. The molecule has 0 radical (unpaired) electrons. The third kappa shape index (κ3) is 2.93. The molecule has 1 aromatic heterocycles. The molecule has 1 aromatic rings. The third-order valence-electron chi connectivity index (χ3n) is 4.09. The summed E-state index contributed by atoms with van der Waals surface area (Å²) in [6.45, 7) is 11.2. The van der Waals surface area contributed by atoms with Crippen LogP contribution in [0.25, 0.3) is 0 Å². The number of halogens is 1. The second-order valence-corrected chi connectivity index (χ2v) is 8.28. The number of nitrogens with zero attached hydrogens (tertiary/aromatic N) is 3. The Labute approximate surface area is 139 Å². The molecule has 0 bridgehead atoms. The number of rotatable bonds is 1. The third-order valence-corrected chi connectivity index (χ3v) is 4.93. The van der Waals surface area contributed by atoms with Crippen molar-refractivity contribution in [3.8, 4) is 0 Å². The van der Waals surface area contributed by atoms with E-state index < -0.39 is 5.60 Å². The van der Waals surface area contributed by atoms with E-state index in [0.717, 1.165) is 42.2 Å². The lowest BCUT2D eigenvalue weighted by Gasteiger charge is -2.60. The number of hydrogen-bond donors (Lipinski definition) is 0. The second-order valence-electron chi connectivity index (χ2n) is 7.43. The van der Waals surface area contributed by atoms with E-state index in [4.69, 9.17) is 4.74 Å². The van der Waals surface area contributed by atoms with Crippen LogP contribution in [0.15, 0.2) is 16.6 Å². The molecule has 5 nitrogen and oxygen atoms in total. The molecule has 2 saturated heterocycles. The molecule has 0 aromatic carbocycles. The van der Waals surface area contributed by atoms with Crippen molar-refractivity contribution in [2.45, 2.75) is 33.3 Å². The summed E-state index contributed by atoms with van der Waals surface area (Å²) >= 11 is 3.47. The van der Waals surface area contributed by atoms with Crippen molar-refractivity contribution in [3.63, 3.8) is 0 Å². The van der Waals surface area contributed by atoms with Crippen molar-refractivity contribution < 1.29 is 9.53 Å². The molecular weight excluding hydrogens is 346 g/mol. The Kier molecular flexibility index (Phi) is 3.62. The lowest BCUT2D eigenvalue weighted by Crippen LogP contribution is -2.73. The molecule has 2 fully saturated rings. The predicted molar refractivity (Wildman–Crippen MR) is 89.1 cm³/mol. The van der Waals surface area contributed by atoms with Crippen molar-refractivity contribution in [1.29, 1.82) is 0 Å². The molecule has 6 heteroatoms. The first-order chi connectivity index (χ1) is 10.2. The van der Waals surface area contributed by atoms with Crippen LogP contribution in [0.4, 0.5) is 10.6 Å². The van der Waals surface area contributed by atoms with Crippen LogP contribution in [0, 0.1) is 12.3 Å². The van der Waals surface area contributed by atoms with E-state index in [1.807, 2.05) is 39.8 Å². The van der Waals surface area contributed by atoms with Gasteiger partial charge in [0.05, 0.1) is 5.69 Å². The highest BCUT2D eigenvalue weighted by atomic mass is 79.9. The number of aromatic nitrogens is 1. The normalized spacial score (nSPS) is 19.7. The van der Waals surface area contributed by atoms with Gasteiger partial charge in [-0.15, -0.1) is 0 Å². The number of likely N-dealkylation sites (tertiary alicyclic amines) is 1.